The Hall–Kier alpha value is -1.86. The molecule has 0 bridgehead atoms. The van der Waals surface area contributed by atoms with E-state index in [0.717, 1.165) is 12.1 Å². The molecule has 0 aromatic heterocycles. The predicted octanol–water partition coefficient (Wildman–Crippen LogP) is 1.43. The summed E-state index contributed by atoms with van der Waals surface area (Å²) in [6.07, 6.45) is 0. The molecular weight excluding hydrogens is 214 g/mol. The number of primary amides is 1. The fourth-order valence-electron chi connectivity index (χ4n) is 1.77. The topological polar surface area (TPSA) is 70.1 Å². The highest BCUT2D eigenvalue weighted by Crippen LogP contribution is 2.19. The monoisotopic (exact) mass is 231 g/mol. The molecule has 1 amide bonds. The van der Waals surface area contributed by atoms with Crippen molar-refractivity contribution in [3.63, 3.8) is 0 Å². The van der Waals surface area contributed by atoms with Crippen LogP contribution in [0.4, 0.5) is 0 Å². The molecule has 0 aliphatic carbocycles. The van der Waals surface area contributed by atoms with E-state index in [1.807, 2.05) is 30.9 Å². The molecule has 4 heteroatoms. The highest BCUT2D eigenvalue weighted by Gasteiger charge is 2.15. The van der Waals surface area contributed by atoms with Gasteiger partial charge >= 0.3 is 0 Å². The molecule has 1 rings (SSSR count). The minimum Gasteiger partial charge on any atom is -0.369 e. The number of nitrogens with two attached hydrogens (primary N) is 1. The summed E-state index contributed by atoms with van der Waals surface area (Å²) in [6, 6.07) is 9.57. The second-order valence-corrected chi connectivity index (χ2v) is 3.94. The van der Waals surface area contributed by atoms with Gasteiger partial charge in [-0.3, -0.25) is 9.69 Å². The number of rotatable bonds is 5. The van der Waals surface area contributed by atoms with E-state index < -0.39 is 0 Å². The van der Waals surface area contributed by atoms with Crippen LogP contribution >= 0.6 is 0 Å². The van der Waals surface area contributed by atoms with Gasteiger partial charge in [0, 0.05) is 6.04 Å². The molecule has 17 heavy (non-hydrogen) atoms. The molecule has 0 aliphatic heterocycles. The van der Waals surface area contributed by atoms with E-state index in [-0.39, 0.29) is 18.5 Å². The lowest BCUT2D eigenvalue weighted by Crippen LogP contribution is -2.35. The number of nitrogens with zero attached hydrogens (tertiary/aromatic N) is 2. The average Bonchev–Trinajstić information content (AvgIpc) is 2.35. The summed E-state index contributed by atoms with van der Waals surface area (Å²) in [6.45, 7) is 5.01. The molecule has 0 aliphatic rings. The van der Waals surface area contributed by atoms with Crippen molar-refractivity contribution in [2.45, 2.75) is 19.9 Å². The summed E-state index contributed by atoms with van der Waals surface area (Å²) < 4.78 is 0. The molecule has 0 saturated carbocycles. The van der Waals surface area contributed by atoms with Gasteiger partial charge in [0.15, 0.2) is 0 Å². The maximum absolute atomic E-state index is 10.9. The van der Waals surface area contributed by atoms with Crippen molar-refractivity contribution in [2.24, 2.45) is 5.73 Å². The number of benzene rings is 1. The van der Waals surface area contributed by atoms with Crippen molar-refractivity contribution in [2.75, 3.05) is 13.1 Å². The first-order valence-electron chi connectivity index (χ1n) is 5.61. The van der Waals surface area contributed by atoms with E-state index in [0.29, 0.717) is 5.56 Å². The van der Waals surface area contributed by atoms with Gasteiger partial charge in [0.1, 0.15) is 0 Å². The van der Waals surface area contributed by atoms with Crippen LogP contribution in [0.25, 0.3) is 0 Å². The fraction of sp³-hybridized carbons (Fsp3) is 0.385. The fourth-order valence-corrected chi connectivity index (χ4v) is 1.77. The molecule has 2 N–H and O–H groups in total. The van der Waals surface area contributed by atoms with Crippen LogP contribution in [0.15, 0.2) is 24.3 Å². The number of carbonyl (C=O) groups is 1. The first kappa shape index (κ1) is 13.2. The van der Waals surface area contributed by atoms with Gasteiger partial charge in [-0.2, -0.15) is 5.26 Å². The summed E-state index contributed by atoms with van der Waals surface area (Å²) in [7, 11) is 0. The summed E-state index contributed by atoms with van der Waals surface area (Å²) in [4.78, 5) is 12.9. The van der Waals surface area contributed by atoms with Crippen molar-refractivity contribution in [3.05, 3.63) is 35.4 Å². The summed E-state index contributed by atoms with van der Waals surface area (Å²) in [5.41, 5.74) is 6.92. The molecule has 1 atom stereocenters. The average molecular weight is 231 g/mol. The number of carbonyl (C=O) groups excluding carboxylic acids is 1. The Bertz CT molecular complexity index is 419. The predicted molar refractivity (Wildman–Crippen MR) is 66.0 cm³/mol. The lowest BCUT2D eigenvalue weighted by atomic mass is 10.1. The summed E-state index contributed by atoms with van der Waals surface area (Å²) >= 11 is 0. The third-order valence-electron chi connectivity index (χ3n) is 2.84. The van der Waals surface area contributed by atoms with E-state index in [2.05, 4.69) is 6.07 Å². The van der Waals surface area contributed by atoms with Gasteiger partial charge in [-0.15, -0.1) is 0 Å². The Morgan fingerprint density at radius 2 is 2.06 bits per heavy atom. The number of hydrogen-bond donors (Lipinski definition) is 1. The molecule has 0 unspecified atom stereocenters. The lowest BCUT2D eigenvalue weighted by molar-refractivity contribution is -0.119. The Balaban J connectivity index is 2.82. The van der Waals surface area contributed by atoms with Crippen LogP contribution < -0.4 is 5.73 Å². The van der Waals surface area contributed by atoms with Crippen LogP contribution in [0.3, 0.4) is 0 Å². The second-order valence-electron chi connectivity index (χ2n) is 3.94. The van der Waals surface area contributed by atoms with E-state index >= 15 is 0 Å². The molecule has 90 valence electrons. The number of amides is 1. The van der Waals surface area contributed by atoms with Gasteiger partial charge in [0.2, 0.25) is 5.91 Å². The zero-order chi connectivity index (χ0) is 12.8. The van der Waals surface area contributed by atoms with Gasteiger partial charge in [-0.1, -0.05) is 19.1 Å². The van der Waals surface area contributed by atoms with Crippen LogP contribution in [0.2, 0.25) is 0 Å². The Morgan fingerprint density at radius 1 is 1.47 bits per heavy atom. The van der Waals surface area contributed by atoms with Crippen molar-refractivity contribution < 1.29 is 4.79 Å². The molecule has 0 saturated heterocycles. The quantitative estimate of drug-likeness (QED) is 0.833. The highest BCUT2D eigenvalue weighted by atomic mass is 16.1. The van der Waals surface area contributed by atoms with Crippen LogP contribution in [0, 0.1) is 11.3 Å². The van der Waals surface area contributed by atoms with E-state index in [9.17, 15) is 4.79 Å². The zero-order valence-electron chi connectivity index (χ0n) is 10.2. The van der Waals surface area contributed by atoms with E-state index in [1.54, 1.807) is 12.1 Å². The number of nitriles is 1. The smallest absolute Gasteiger partial charge is 0.231 e. The van der Waals surface area contributed by atoms with Crippen LogP contribution in [-0.2, 0) is 4.79 Å². The third kappa shape index (κ3) is 3.58. The van der Waals surface area contributed by atoms with Crippen molar-refractivity contribution in [1.82, 2.24) is 4.90 Å². The van der Waals surface area contributed by atoms with Gasteiger partial charge in [-0.25, -0.2) is 0 Å². The summed E-state index contributed by atoms with van der Waals surface area (Å²) in [5, 5.41) is 8.72. The van der Waals surface area contributed by atoms with Gasteiger partial charge < -0.3 is 5.73 Å². The summed E-state index contributed by atoms with van der Waals surface area (Å²) in [5.74, 6) is -0.327. The normalized spacial score (nSPS) is 12.1. The van der Waals surface area contributed by atoms with Crippen molar-refractivity contribution in [3.8, 4) is 6.07 Å². The zero-order valence-corrected chi connectivity index (χ0v) is 10.2. The minimum absolute atomic E-state index is 0.111. The molecule has 0 heterocycles. The molecule has 0 radical (unpaired) electrons. The molecule has 0 fully saturated rings. The third-order valence-corrected chi connectivity index (χ3v) is 2.84. The maximum Gasteiger partial charge on any atom is 0.231 e. The van der Waals surface area contributed by atoms with E-state index in [4.69, 9.17) is 11.0 Å². The van der Waals surface area contributed by atoms with Gasteiger partial charge in [0.25, 0.3) is 0 Å². The van der Waals surface area contributed by atoms with Gasteiger partial charge in [-0.05, 0) is 31.2 Å². The van der Waals surface area contributed by atoms with Crippen molar-refractivity contribution >= 4 is 5.91 Å². The molecule has 0 spiro atoms. The number of hydrogen-bond acceptors (Lipinski definition) is 3. The second kappa shape index (κ2) is 6.02. The first-order valence-corrected chi connectivity index (χ1v) is 5.61. The lowest BCUT2D eigenvalue weighted by Gasteiger charge is -2.26. The standard InChI is InChI=1S/C13H17N3O/c1-3-16(9-13(15)17)10(2)12-6-4-11(8-14)5-7-12/h4-7,10H,3,9H2,1-2H3,(H2,15,17)/t10-/m0/s1. The molecule has 1 aromatic rings. The Kier molecular flexibility index (Phi) is 4.68. The minimum atomic E-state index is -0.327. The van der Waals surface area contributed by atoms with E-state index in [1.165, 1.54) is 0 Å². The largest absolute Gasteiger partial charge is 0.369 e. The van der Waals surface area contributed by atoms with Crippen LogP contribution in [-0.4, -0.2) is 23.9 Å². The Labute approximate surface area is 102 Å². The first-order chi connectivity index (χ1) is 8.08. The molecular formula is C13H17N3O. The SMILES string of the molecule is CCN(CC(N)=O)[C@@H](C)c1ccc(C#N)cc1. The number of likely N-dealkylation sites (N-methyl/N-ethyl adjacent to an activating group) is 1. The Morgan fingerprint density at radius 3 is 2.47 bits per heavy atom. The van der Waals surface area contributed by atoms with Crippen LogP contribution in [0.1, 0.15) is 31.0 Å². The highest BCUT2D eigenvalue weighted by molar-refractivity contribution is 5.76. The maximum atomic E-state index is 10.9. The van der Waals surface area contributed by atoms with Gasteiger partial charge in [0.05, 0.1) is 18.2 Å². The van der Waals surface area contributed by atoms with Crippen molar-refractivity contribution in [1.29, 1.82) is 5.26 Å². The molecule has 4 nitrogen and oxygen atoms in total. The molecule has 1 aromatic carbocycles. The van der Waals surface area contributed by atoms with Crippen LogP contribution in [0.5, 0.6) is 0 Å².